The summed E-state index contributed by atoms with van der Waals surface area (Å²) in [5.74, 6) is -0.932. The van der Waals surface area contributed by atoms with Gasteiger partial charge >= 0.3 is 0 Å². The van der Waals surface area contributed by atoms with Crippen LogP contribution in [0.5, 0.6) is 5.75 Å². The summed E-state index contributed by atoms with van der Waals surface area (Å²) in [7, 11) is 0. The minimum absolute atomic E-state index is 0.327. The molecule has 0 saturated heterocycles. The lowest BCUT2D eigenvalue weighted by atomic mass is 10.2. The number of halogens is 1. The van der Waals surface area contributed by atoms with Gasteiger partial charge in [-0.1, -0.05) is 6.07 Å². The van der Waals surface area contributed by atoms with Gasteiger partial charge in [0.1, 0.15) is 0 Å². The van der Waals surface area contributed by atoms with Gasteiger partial charge in [0.2, 0.25) is 0 Å². The lowest BCUT2D eigenvalue weighted by Gasteiger charge is -2.08. The summed E-state index contributed by atoms with van der Waals surface area (Å²) in [6.07, 6.45) is 1.72. The van der Waals surface area contributed by atoms with Crippen molar-refractivity contribution in [3.05, 3.63) is 53.6 Å². The Hall–Kier alpha value is -2.10. The first kappa shape index (κ1) is 11.4. The second kappa shape index (κ2) is 4.82. The van der Waals surface area contributed by atoms with Crippen molar-refractivity contribution in [2.24, 2.45) is 0 Å². The van der Waals surface area contributed by atoms with Gasteiger partial charge in [-0.3, -0.25) is 4.98 Å². The Morgan fingerprint density at radius 1 is 1.35 bits per heavy atom. The van der Waals surface area contributed by atoms with Gasteiger partial charge in [-0.2, -0.15) is 0 Å². The van der Waals surface area contributed by atoms with E-state index in [4.69, 9.17) is 5.11 Å². The van der Waals surface area contributed by atoms with Gasteiger partial charge in [-0.15, -0.1) is 0 Å². The minimum atomic E-state index is -0.604. The van der Waals surface area contributed by atoms with Crippen molar-refractivity contribution in [2.75, 3.05) is 5.32 Å². The van der Waals surface area contributed by atoms with E-state index in [1.54, 1.807) is 12.3 Å². The van der Waals surface area contributed by atoms with E-state index in [0.717, 1.165) is 16.9 Å². The highest BCUT2D eigenvalue weighted by molar-refractivity contribution is 5.47. The third-order valence-electron chi connectivity index (χ3n) is 2.50. The number of nitrogens with one attached hydrogen (secondary N) is 1. The highest BCUT2D eigenvalue weighted by atomic mass is 19.1. The van der Waals surface area contributed by atoms with E-state index in [-0.39, 0.29) is 5.75 Å². The molecule has 0 aliphatic carbocycles. The summed E-state index contributed by atoms with van der Waals surface area (Å²) < 4.78 is 13.1. The van der Waals surface area contributed by atoms with Crippen molar-refractivity contribution in [3.63, 3.8) is 0 Å². The number of anilines is 1. The van der Waals surface area contributed by atoms with Crippen LogP contribution >= 0.6 is 0 Å². The molecule has 0 bridgehead atoms. The number of hydrogen-bond donors (Lipinski definition) is 2. The molecule has 2 aromatic rings. The molecular formula is C13H13FN2O. The van der Waals surface area contributed by atoms with Gasteiger partial charge in [0.25, 0.3) is 0 Å². The molecule has 1 aromatic heterocycles. The fourth-order valence-electron chi connectivity index (χ4n) is 1.53. The zero-order valence-corrected chi connectivity index (χ0v) is 9.44. The number of phenols is 1. The molecule has 1 heterocycles. The SMILES string of the molecule is Cc1ncccc1NCc1ccc(O)c(F)c1. The summed E-state index contributed by atoms with van der Waals surface area (Å²) >= 11 is 0. The first-order chi connectivity index (χ1) is 8.16. The molecule has 4 heteroatoms. The number of aromatic hydroxyl groups is 1. The Bertz CT molecular complexity index is 529. The van der Waals surface area contributed by atoms with Crippen molar-refractivity contribution in [3.8, 4) is 5.75 Å². The van der Waals surface area contributed by atoms with Crippen LogP contribution in [-0.4, -0.2) is 10.1 Å². The number of aromatic nitrogens is 1. The van der Waals surface area contributed by atoms with Crippen LogP contribution in [0.2, 0.25) is 0 Å². The molecule has 0 amide bonds. The fraction of sp³-hybridized carbons (Fsp3) is 0.154. The van der Waals surface area contributed by atoms with E-state index < -0.39 is 5.82 Å². The standard InChI is InChI=1S/C13H13FN2O/c1-9-12(3-2-6-15-9)16-8-10-4-5-13(17)11(14)7-10/h2-7,16-17H,8H2,1H3. The molecule has 0 fully saturated rings. The first-order valence-electron chi connectivity index (χ1n) is 5.29. The zero-order valence-electron chi connectivity index (χ0n) is 9.44. The number of hydrogen-bond acceptors (Lipinski definition) is 3. The van der Waals surface area contributed by atoms with Gasteiger partial charge < -0.3 is 10.4 Å². The van der Waals surface area contributed by atoms with Crippen molar-refractivity contribution in [1.82, 2.24) is 4.98 Å². The third kappa shape index (κ3) is 2.72. The molecule has 3 nitrogen and oxygen atoms in total. The lowest BCUT2D eigenvalue weighted by molar-refractivity contribution is 0.432. The molecule has 0 spiro atoms. The van der Waals surface area contributed by atoms with Gasteiger partial charge in [-0.05, 0) is 36.8 Å². The Balaban J connectivity index is 2.08. The zero-order chi connectivity index (χ0) is 12.3. The maximum atomic E-state index is 13.1. The number of rotatable bonds is 3. The fourth-order valence-corrected chi connectivity index (χ4v) is 1.53. The Morgan fingerprint density at radius 3 is 2.88 bits per heavy atom. The number of pyridine rings is 1. The maximum Gasteiger partial charge on any atom is 0.165 e. The topological polar surface area (TPSA) is 45.2 Å². The van der Waals surface area contributed by atoms with Crippen LogP contribution in [0.1, 0.15) is 11.3 Å². The second-order valence-electron chi connectivity index (χ2n) is 3.78. The van der Waals surface area contributed by atoms with E-state index in [0.29, 0.717) is 6.54 Å². The number of nitrogens with zero attached hydrogens (tertiary/aromatic N) is 1. The van der Waals surface area contributed by atoms with E-state index in [1.807, 2.05) is 19.1 Å². The molecule has 17 heavy (non-hydrogen) atoms. The van der Waals surface area contributed by atoms with E-state index in [1.165, 1.54) is 12.1 Å². The molecule has 2 rings (SSSR count). The van der Waals surface area contributed by atoms with E-state index >= 15 is 0 Å². The van der Waals surface area contributed by atoms with Gasteiger partial charge in [0.05, 0.1) is 11.4 Å². The van der Waals surface area contributed by atoms with Crippen LogP contribution in [0.25, 0.3) is 0 Å². The molecule has 0 atom stereocenters. The van der Waals surface area contributed by atoms with Crippen LogP contribution in [0.3, 0.4) is 0 Å². The Labute approximate surface area is 98.9 Å². The largest absolute Gasteiger partial charge is 0.505 e. The van der Waals surface area contributed by atoms with Crippen LogP contribution in [0.15, 0.2) is 36.5 Å². The van der Waals surface area contributed by atoms with E-state index in [9.17, 15) is 4.39 Å². The summed E-state index contributed by atoms with van der Waals surface area (Å²) in [5.41, 5.74) is 2.58. The third-order valence-corrected chi connectivity index (χ3v) is 2.50. The highest BCUT2D eigenvalue weighted by Crippen LogP contribution is 2.17. The molecule has 0 aliphatic heterocycles. The molecule has 0 aliphatic rings. The average molecular weight is 232 g/mol. The van der Waals surface area contributed by atoms with Crippen molar-refractivity contribution < 1.29 is 9.50 Å². The predicted octanol–water partition coefficient (Wildman–Crippen LogP) is 2.85. The van der Waals surface area contributed by atoms with Crippen molar-refractivity contribution in [2.45, 2.75) is 13.5 Å². The van der Waals surface area contributed by atoms with Crippen LogP contribution in [0.4, 0.5) is 10.1 Å². The summed E-state index contributed by atoms with van der Waals surface area (Å²) in [5, 5.41) is 12.2. The molecule has 0 unspecified atom stereocenters. The highest BCUT2D eigenvalue weighted by Gasteiger charge is 2.02. The summed E-state index contributed by atoms with van der Waals surface area (Å²) in [4.78, 5) is 4.15. The molecular weight excluding hydrogens is 219 g/mol. The Kier molecular flexibility index (Phi) is 3.23. The summed E-state index contributed by atoms with van der Waals surface area (Å²) in [6, 6.07) is 8.10. The predicted molar refractivity (Wildman–Crippen MR) is 64.4 cm³/mol. The van der Waals surface area contributed by atoms with Gasteiger partial charge in [0, 0.05) is 12.7 Å². The van der Waals surface area contributed by atoms with Crippen LogP contribution in [-0.2, 0) is 6.54 Å². The van der Waals surface area contributed by atoms with Crippen molar-refractivity contribution >= 4 is 5.69 Å². The lowest BCUT2D eigenvalue weighted by Crippen LogP contribution is -2.02. The smallest absolute Gasteiger partial charge is 0.165 e. The monoisotopic (exact) mass is 232 g/mol. The molecule has 0 saturated carbocycles. The van der Waals surface area contributed by atoms with Gasteiger partial charge in [0.15, 0.2) is 11.6 Å². The van der Waals surface area contributed by atoms with Gasteiger partial charge in [-0.25, -0.2) is 4.39 Å². The summed E-state index contributed by atoms with van der Waals surface area (Å²) in [6.45, 7) is 2.39. The normalized spacial score (nSPS) is 10.2. The van der Waals surface area contributed by atoms with Crippen LogP contribution < -0.4 is 5.32 Å². The average Bonchev–Trinajstić information content (AvgIpc) is 2.32. The molecule has 1 aromatic carbocycles. The van der Waals surface area contributed by atoms with E-state index in [2.05, 4.69) is 10.3 Å². The molecule has 88 valence electrons. The quantitative estimate of drug-likeness (QED) is 0.855. The minimum Gasteiger partial charge on any atom is -0.505 e. The number of benzene rings is 1. The molecule has 0 radical (unpaired) electrons. The van der Waals surface area contributed by atoms with Crippen LogP contribution in [0, 0.1) is 12.7 Å². The number of aryl methyl sites for hydroxylation is 1. The maximum absolute atomic E-state index is 13.1. The van der Waals surface area contributed by atoms with Crippen molar-refractivity contribution in [1.29, 1.82) is 0 Å². The first-order valence-corrected chi connectivity index (χ1v) is 5.29. The Morgan fingerprint density at radius 2 is 2.18 bits per heavy atom. The molecule has 2 N–H and O–H groups in total. The number of phenolic OH excluding ortho intramolecular Hbond substituents is 1. The second-order valence-corrected chi connectivity index (χ2v) is 3.78.